The monoisotopic (exact) mass is 340 g/mol. The summed E-state index contributed by atoms with van der Waals surface area (Å²) in [4.78, 5) is 0. The highest BCUT2D eigenvalue weighted by Gasteiger charge is 2.36. The van der Waals surface area contributed by atoms with Crippen LogP contribution in [0, 0.1) is 5.92 Å². The van der Waals surface area contributed by atoms with Gasteiger partial charge < -0.3 is 19.3 Å². The number of ether oxygens (including phenoxy) is 3. The van der Waals surface area contributed by atoms with Crippen molar-refractivity contribution in [1.82, 2.24) is 0 Å². The van der Waals surface area contributed by atoms with Crippen LogP contribution in [0.15, 0.2) is 24.3 Å². The first-order valence-corrected chi connectivity index (χ1v) is 8.78. The Morgan fingerprint density at radius 2 is 1.68 bits per heavy atom. The third kappa shape index (κ3) is 2.51. The van der Waals surface area contributed by atoms with E-state index in [9.17, 15) is 5.11 Å². The number of methoxy groups -OCH3 is 3. The van der Waals surface area contributed by atoms with E-state index in [1.54, 1.807) is 27.4 Å². The normalized spacial score (nSPS) is 20.9. The highest BCUT2D eigenvalue weighted by Crippen LogP contribution is 2.49. The number of aryl methyl sites for hydroxylation is 1. The van der Waals surface area contributed by atoms with Gasteiger partial charge in [-0.2, -0.15) is 0 Å². The molecule has 2 atom stereocenters. The molecular weight excluding hydrogens is 316 g/mol. The SMILES string of the molecule is COc1cc2c(cc1OC)[C@@H]1Cc3ccc(O)c(OC)c3C[C@H]1CC2. The molecule has 0 bridgehead atoms. The molecule has 0 aromatic heterocycles. The molecule has 2 aliphatic rings. The molecule has 2 aromatic carbocycles. The van der Waals surface area contributed by atoms with Crippen molar-refractivity contribution in [3.63, 3.8) is 0 Å². The van der Waals surface area contributed by atoms with E-state index in [1.165, 1.54) is 22.3 Å². The van der Waals surface area contributed by atoms with Gasteiger partial charge in [0.2, 0.25) is 0 Å². The van der Waals surface area contributed by atoms with Crippen molar-refractivity contribution < 1.29 is 19.3 Å². The van der Waals surface area contributed by atoms with E-state index in [4.69, 9.17) is 14.2 Å². The first kappa shape index (κ1) is 16.1. The zero-order chi connectivity index (χ0) is 17.6. The van der Waals surface area contributed by atoms with Crippen LogP contribution in [0.1, 0.15) is 34.6 Å². The Morgan fingerprint density at radius 1 is 0.920 bits per heavy atom. The second-order valence-corrected chi connectivity index (χ2v) is 6.98. The number of hydrogen-bond donors (Lipinski definition) is 1. The average molecular weight is 340 g/mol. The molecule has 4 rings (SSSR count). The fraction of sp³-hybridized carbons (Fsp3) is 0.429. The number of hydrogen-bond acceptors (Lipinski definition) is 4. The Hall–Kier alpha value is -2.36. The van der Waals surface area contributed by atoms with Crippen LogP contribution in [0.2, 0.25) is 0 Å². The molecule has 0 radical (unpaired) electrons. The summed E-state index contributed by atoms with van der Waals surface area (Å²) < 4.78 is 16.5. The minimum Gasteiger partial charge on any atom is -0.504 e. The van der Waals surface area contributed by atoms with E-state index in [-0.39, 0.29) is 5.75 Å². The molecule has 0 unspecified atom stereocenters. The number of benzene rings is 2. The molecule has 0 amide bonds. The van der Waals surface area contributed by atoms with Crippen molar-refractivity contribution in [2.45, 2.75) is 31.6 Å². The molecule has 0 aliphatic heterocycles. The van der Waals surface area contributed by atoms with Crippen molar-refractivity contribution in [2.75, 3.05) is 21.3 Å². The number of phenols is 1. The first-order chi connectivity index (χ1) is 12.2. The zero-order valence-corrected chi connectivity index (χ0v) is 15.0. The van der Waals surface area contributed by atoms with Crippen LogP contribution >= 0.6 is 0 Å². The van der Waals surface area contributed by atoms with Crippen molar-refractivity contribution >= 4 is 0 Å². The van der Waals surface area contributed by atoms with E-state index in [0.29, 0.717) is 17.6 Å². The summed E-state index contributed by atoms with van der Waals surface area (Å²) in [5.74, 6) is 3.54. The molecule has 0 saturated heterocycles. The van der Waals surface area contributed by atoms with Gasteiger partial charge in [0.15, 0.2) is 23.0 Å². The predicted octanol–water partition coefficient (Wildman–Crippen LogP) is 3.86. The molecule has 0 heterocycles. The Labute approximate surface area is 148 Å². The second kappa shape index (κ2) is 6.17. The van der Waals surface area contributed by atoms with E-state index < -0.39 is 0 Å². The van der Waals surface area contributed by atoms with Gasteiger partial charge in [-0.05, 0) is 72.4 Å². The Balaban J connectivity index is 1.77. The molecule has 4 heteroatoms. The van der Waals surface area contributed by atoms with E-state index in [2.05, 4.69) is 12.1 Å². The molecule has 0 spiro atoms. The molecular formula is C21H24O4. The number of phenolic OH excluding ortho intramolecular Hbond substituents is 1. The van der Waals surface area contributed by atoms with Crippen LogP contribution in [0.4, 0.5) is 0 Å². The number of rotatable bonds is 3. The summed E-state index contributed by atoms with van der Waals surface area (Å²) in [5.41, 5.74) is 5.20. The lowest BCUT2D eigenvalue weighted by molar-refractivity contribution is 0.320. The number of fused-ring (bicyclic) bond motifs is 4. The zero-order valence-electron chi connectivity index (χ0n) is 15.0. The third-order valence-corrected chi connectivity index (χ3v) is 5.85. The van der Waals surface area contributed by atoms with E-state index in [1.807, 2.05) is 6.07 Å². The van der Waals surface area contributed by atoms with Crippen LogP contribution in [0.3, 0.4) is 0 Å². The van der Waals surface area contributed by atoms with Crippen LogP contribution in [-0.4, -0.2) is 26.4 Å². The molecule has 2 aliphatic carbocycles. The van der Waals surface area contributed by atoms with Crippen LogP contribution in [-0.2, 0) is 19.3 Å². The van der Waals surface area contributed by atoms with Gasteiger partial charge >= 0.3 is 0 Å². The van der Waals surface area contributed by atoms with Gasteiger partial charge in [-0.1, -0.05) is 6.07 Å². The third-order valence-electron chi connectivity index (χ3n) is 5.85. The smallest absolute Gasteiger partial charge is 0.163 e. The topological polar surface area (TPSA) is 47.9 Å². The average Bonchev–Trinajstić information content (AvgIpc) is 2.65. The Bertz CT molecular complexity index is 812. The summed E-state index contributed by atoms with van der Waals surface area (Å²) in [7, 11) is 5.01. The summed E-state index contributed by atoms with van der Waals surface area (Å²) in [5, 5.41) is 10.1. The van der Waals surface area contributed by atoms with E-state index in [0.717, 1.165) is 37.2 Å². The molecule has 0 saturated carbocycles. The van der Waals surface area contributed by atoms with Gasteiger partial charge in [0.1, 0.15) is 0 Å². The maximum atomic E-state index is 10.1. The predicted molar refractivity (Wildman–Crippen MR) is 96.2 cm³/mol. The first-order valence-electron chi connectivity index (χ1n) is 8.78. The summed E-state index contributed by atoms with van der Waals surface area (Å²) in [6, 6.07) is 8.08. The number of aromatic hydroxyl groups is 1. The molecule has 132 valence electrons. The maximum absolute atomic E-state index is 10.1. The summed E-state index contributed by atoms with van der Waals surface area (Å²) >= 11 is 0. The quantitative estimate of drug-likeness (QED) is 0.922. The maximum Gasteiger partial charge on any atom is 0.163 e. The minimum atomic E-state index is 0.238. The molecule has 2 aromatic rings. The lowest BCUT2D eigenvalue weighted by Gasteiger charge is -2.39. The standard InChI is InChI=1S/C21H24O4/c1-23-19-10-14-5-4-12-9-17-13(6-7-18(22)21(17)25-3)8-15(12)16(14)11-20(19)24-2/h6-7,10-12,15,22H,4-5,8-9H2,1-3H3/t12-,15-/m1/s1. The van der Waals surface area contributed by atoms with E-state index >= 15 is 0 Å². The molecule has 0 fully saturated rings. The van der Waals surface area contributed by atoms with Crippen molar-refractivity contribution in [2.24, 2.45) is 5.92 Å². The summed E-state index contributed by atoms with van der Waals surface area (Å²) in [6.07, 6.45) is 4.11. The van der Waals surface area contributed by atoms with Gasteiger partial charge in [-0.25, -0.2) is 0 Å². The Morgan fingerprint density at radius 3 is 2.40 bits per heavy atom. The van der Waals surface area contributed by atoms with Crippen LogP contribution in [0.5, 0.6) is 23.0 Å². The van der Waals surface area contributed by atoms with Crippen molar-refractivity contribution in [1.29, 1.82) is 0 Å². The second-order valence-electron chi connectivity index (χ2n) is 6.98. The molecule has 1 N–H and O–H groups in total. The van der Waals surface area contributed by atoms with Gasteiger partial charge in [-0.3, -0.25) is 0 Å². The van der Waals surface area contributed by atoms with Gasteiger partial charge in [0, 0.05) is 5.56 Å². The van der Waals surface area contributed by atoms with Gasteiger partial charge in [0.05, 0.1) is 21.3 Å². The largest absolute Gasteiger partial charge is 0.504 e. The fourth-order valence-electron chi connectivity index (χ4n) is 4.61. The molecule has 4 nitrogen and oxygen atoms in total. The molecule has 25 heavy (non-hydrogen) atoms. The highest BCUT2D eigenvalue weighted by atomic mass is 16.5. The lowest BCUT2D eigenvalue weighted by Crippen LogP contribution is -2.29. The van der Waals surface area contributed by atoms with Crippen LogP contribution in [0.25, 0.3) is 0 Å². The lowest BCUT2D eigenvalue weighted by atomic mass is 9.66. The van der Waals surface area contributed by atoms with Gasteiger partial charge in [0.25, 0.3) is 0 Å². The van der Waals surface area contributed by atoms with Crippen molar-refractivity contribution in [3.05, 3.63) is 46.5 Å². The van der Waals surface area contributed by atoms with Crippen molar-refractivity contribution in [3.8, 4) is 23.0 Å². The minimum absolute atomic E-state index is 0.238. The van der Waals surface area contributed by atoms with Crippen LogP contribution < -0.4 is 14.2 Å². The summed E-state index contributed by atoms with van der Waals surface area (Å²) in [6.45, 7) is 0. The Kier molecular flexibility index (Phi) is 3.98. The fourth-order valence-corrected chi connectivity index (χ4v) is 4.61. The highest BCUT2D eigenvalue weighted by molar-refractivity contribution is 5.55. The van der Waals surface area contributed by atoms with Gasteiger partial charge in [-0.15, -0.1) is 0 Å².